The molecule has 0 saturated carbocycles. The van der Waals surface area contributed by atoms with Crippen LogP contribution >= 0.6 is 11.6 Å². The van der Waals surface area contributed by atoms with Crippen molar-refractivity contribution in [3.63, 3.8) is 0 Å². The lowest BCUT2D eigenvalue weighted by atomic mass is 9.95. The van der Waals surface area contributed by atoms with Gasteiger partial charge < -0.3 is 10.2 Å². The SMILES string of the molecule is CC(C)(C)CN1C(=O)c2ccccc2C1C(=O)NCCc1ccccc1Cl. The summed E-state index contributed by atoms with van der Waals surface area (Å²) in [4.78, 5) is 27.5. The molecule has 2 aromatic carbocycles. The van der Waals surface area contributed by atoms with E-state index >= 15 is 0 Å². The smallest absolute Gasteiger partial charge is 0.255 e. The number of nitrogens with zero attached hydrogens (tertiary/aromatic N) is 1. The molecule has 1 aliphatic rings. The maximum absolute atomic E-state index is 13.0. The van der Waals surface area contributed by atoms with E-state index in [4.69, 9.17) is 11.6 Å². The zero-order valence-electron chi connectivity index (χ0n) is 16.0. The Bertz CT molecular complexity index is 857. The Labute approximate surface area is 165 Å². The molecule has 1 heterocycles. The van der Waals surface area contributed by atoms with Crippen molar-refractivity contribution in [1.29, 1.82) is 0 Å². The molecule has 0 aliphatic carbocycles. The molecule has 27 heavy (non-hydrogen) atoms. The summed E-state index contributed by atoms with van der Waals surface area (Å²) in [6.07, 6.45) is 0.646. The Kier molecular flexibility index (Phi) is 5.56. The highest BCUT2D eigenvalue weighted by Gasteiger charge is 2.42. The summed E-state index contributed by atoms with van der Waals surface area (Å²) >= 11 is 6.18. The van der Waals surface area contributed by atoms with Gasteiger partial charge >= 0.3 is 0 Å². The summed E-state index contributed by atoms with van der Waals surface area (Å²) in [7, 11) is 0. The van der Waals surface area contributed by atoms with Gasteiger partial charge in [-0.3, -0.25) is 9.59 Å². The van der Waals surface area contributed by atoms with Crippen LogP contribution in [0.1, 0.15) is 48.3 Å². The van der Waals surface area contributed by atoms with Crippen LogP contribution in [-0.2, 0) is 11.2 Å². The zero-order valence-corrected chi connectivity index (χ0v) is 16.7. The van der Waals surface area contributed by atoms with Gasteiger partial charge in [0, 0.05) is 23.7 Å². The minimum absolute atomic E-state index is 0.0771. The van der Waals surface area contributed by atoms with Crippen LogP contribution in [0.4, 0.5) is 0 Å². The lowest BCUT2D eigenvalue weighted by molar-refractivity contribution is -0.125. The number of benzene rings is 2. The number of rotatable bonds is 5. The van der Waals surface area contributed by atoms with E-state index in [2.05, 4.69) is 26.1 Å². The molecule has 1 aliphatic heterocycles. The minimum Gasteiger partial charge on any atom is -0.354 e. The first kappa shape index (κ1) is 19.4. The highest BCUT2D eigenvalue weighted by molar-refractivity contribution is 6.31. The molecule has 0 aromatic heterocycles. The highest BCUT2D eigenvalue weighted by atomic mass is 35.5. The molecule has 2 aromatic rings. The summed E-state index contributed by atoms with van der Waals surface area (Å²) < 4.78 is 0. The maximum atomic E-state index is 13.0. The molecule has 1 atom stereocenters. The molecule has 0 saturated heterocycles. The number of fused-ring (bicyclic) bond motifs is 1. The van der Waals surface area contributed by atoms with Crippen LogP contribution in [0.2, 0.25) is 5.02 Å². The summed E-state index contributed by atoms with van der Waals surface area (Å²) in [5.74, 6) is -0.226. The number of amides is 2. The second-order valence-corrected chi connectivity index (χ2v) is 8.52. The second kappa shape index (κ2) is 7.73. The van der Waals surface area contributed by atoms with Crippen molar-refractivity contribution in [3.05, 3.63) is 70.2 Å². The average Bonchev–Trinajstić information content (AvgIpc) is 2.87. The molecule has 5 heteroatoms. The molecular formula is C22H25ClN2O2. The highest BCUT2D eigenvalue weighted by Crippen LogP contribution is 2.36. The van der Waals surface area contributed by atoms with Crippen molar-refractivity contribution in [2.75, 3.05) is 13.1 Å². The number of hydrogen-bond donors (Lipinski definition) is 1. The summed E-state index contributed by atoms with van der Waals surface area (Å²) in [5.41, 5.74) is 2.29. The van der Waals surface area contributed by atoms with Crippen molar-refractivity contribution in [3.8, 4) is 0 Å². The second-order valence-electron chi connectivity index (χ2n) is 8.12. The number of hydrogen-bond acceptors (Lipinski definition) is 2. The topological polar surface area (TPSA) is 49.4 Å². The van der Waals surface area contributed by atoms with Crippen molar-refractivity contribution in [1.82, 2.24) is 10.2 Å². The molecule has 3 rings (SSSR count). The van der Waals surface area contributed by atoms with Gasteiger partial charge in [-0.05, 0) is 35.1 Å². The van der Waals surface area contributed by atoms with Gasteiger partial charge in [0.05, 0.1) is 0 Å². The predicted molar refractivity (Wildman–Crippen MR) is 108 cm³/mol. The molecule has 0 spiro atoms. The van der Waals surface area contributed by atoms with E-state index in [1.807, 2.05) is 42.5 Å². The largest absolute Gasteiger partial charge is 0.354 e. The van der Waals surface area contributed by atoms with E-state index in [0.717, 1.165) is 11.1 Å². The summed E-state index contributed by atoms with van der Waals surface area (Å²) in [5, 5.41) is 3.68. The number of halogens is 1. The molecule has 1 unspecified atom stereocenters. The third-order valence-electron chi connectivity index (χ3n) is 4.60. The van der Waals surface area contributed by atoms with Crippen molar-refractivity contribution < 1.29 is 9.59 Å². The summed E-state index contributed by atoms with van der Waals surface area (Å²) in [6, 6.07) is 14.4. The fraction of sp³-hybridized carbons (Fsp3) is 0.364. The van der Waals surface area contributed by atoms with Gasteiger partial charge in [-0.1, -0.05) is 68.8 Å². The minimum atomic E-state index is -0.584. The van der Waals surface area contributed by atoms with Crippen LogP contribution in [-0.4, -0.2) is 29.8 Å². The van der Waals surface area contributed by atoms with Crippen molar-refractivity contribution >= 4 is 23.4 Å². The van der Waals surface area contributed by atoms with Gasteiger partial charge in [-0.25, -0.2) is 0 Å². The maximum Gasteiger partial charge on any atom is 0.255 e. The normalized spacial score (nSPS) is 16.4. The molecule has 2 amide bonds. The number of carbonyl (C=O) groups excluding carboxylic acids is 2. The summed E-state index contributed by atoms with van der Waals surface area (Å²) in [6.45, 7) is 7.18. The van der Waals surface area contributed by atoms with Gasteiger partial charge in [0.15, 0.2) is 0 Å². The van der Waals surface area contributed by atoms with E-state index in [1.165, 1.54) is 0 Å². The Morgan fingerprint density at radius 2 is 1.78 bits per heavy atom. The van der Waals surface area contributed by atoms with Gasteiger partial charge in [0.2, 0.25) is 5.91 Å². The first-order valence-corrected chi connectivity index (χ1v) is 9.57. The van der Waals surface area contributed by atoms with Crippen LogP contribution in [0, 0.1) is 5.41 Å². The third-order valence-corrected chi connectivity index (χ3v) is 4.97. The standard InChI is InChI=1S/C22H25ClN2O2/c1-22(2,3)14-25-19(16-9-5-6-10-17(16)21(25)27)20(26)24-13-12-15-8-4-7-11-18(15)23/h4-11,19H,12-14H2,1-3H3,(H,24,26). The third kappa shape index (κ3) is 4.33. The lowest BCUT2D eigenvalue weighted by Crippen LogP contribution is -2.43. The first-order valence-electron chi connectivity index (χ1n) is 9.19. The lowest BCUT2D eigenvalue weighted by Gasteiger charge is -2.31. The van der Waals surface area contributed by atoms with Gasteiger partial charge in [-0.2, -0.15) is 0 Å². The Morgan fingerprint density at radius 3 is 2.48 bits per heavy atom. The van der Waals surface area contributed by atoms with Crippen LogP contribution in [0.3, 0.4) is 0 Å². The molecular weight excluding hydrogens is 360 g/mol. The predicted octanol–water partition coefficient (Wildman–Crippen LogP) is 4.24. The van der Waals surface area contributed by atoms with E-state index < -0.39 is 6.04 Å². The monoisotopic (exact) mass is 384 g/mol. The van der Waals surface area contributed by atoms with E-state index in [1.54, 1.807) is 11.0 Å². The zero-order chi connectivity index (χ0) is 19.6. The van der Waals surface area contributed by atoms with Crippen molar-refractivity contribution in [2.45, 2.75) is 33.2 Å². The first-order chi connectivity index (χ1) is 12.8. The van der Waals surface area contributed by atoms with E-state index in [-0.39, 0.29) is 17.2 Å². The van der Waals surface area contributed by atoms with Crippen LogP contribution in [0.15, 0.2) is 48.5 Å². The molecule has 1 N–H and O–H groups in total. The quantitative estimate of drug-likeness (QED) is 0.838. The molecule has 0 radical (unpaired) electrons. The van der Waals surface area contributed by atoms with Gasteiger partial charge in [0.25, 0.3) is 5.91 Å². The molecule has 0 fully saturated rings. The fourth-order valence-electron chi connectivity index (χ4n) is 3.45. The Hall–Kier alpha value is -2.33. The fourth-order valence-corrected chi connectivity index (χ4v) is 3.68. The Balaban J connectivity index is 1.76. The van der Waals surface area contributed by atoms with Crippen LogP contribution in [0.5, 0.6) is 0 Å². The average molecular weight is 385 g/mol. The van der Waals surface area contributed by atoms with Crippen LogP contribution in [0.25, 0.3) is 0 Å². The number of nitrogens with one attached hydrogen (secondary N) is 1. The Morgan fingerprint density at radius 1 is 1.11 bits per heavy atom. The molecule has 0 bridgehead atoms. The van der Waals surface area contributed by atoms with Crippen molar-refractivity contribution in [2.24, 2.45) is 5.41 Å². The molecule has 4 nitrogen and oxygen atoms in total. The van der Waals surface area contributed by atoms with Gasteiger partial charge in [-0.15, -0.1) is 0 Å². The van der Waals surface area contributed by atoms with Gasteiger partial charge in [0.1, 0.15) is 6.04 Å². The molecule has 142 valence electrons. The number of carbonyl (C=O) groups is 2. The van der Waals surface area contributed by atoms with E-state index in [9.17, 15) is 9.59 Å². The van der Waals surface area contributed by atoms with Crippen LogP contribution < -0.4 is 5.32 Å². The van der Waals surface area contributed by atoms with E-state index in [0.29, 0.717) is 30.1 Å².